The summed E-state index contributed by atoms with van der Waals surface area (Å²) in [5.74, 6) is 2.51. The highest BCUT2D eigenvalue weighted by atomic mass is 32.1. The van der Waals surface area contributed by atoms with Crippen molar-refractivity contribution in [1.82, 2.24) is 0 Å². The van der Waals surface area contributed by atoms with Crippen LogP contribution in [0, 0.1) is 17.3 Å². The van der Waals surface area contributed by atoms with Gasteiger partial charge in [-0.15, -0.1) is 0 Å². The van der Waals surface area contributed by atoms with E-state index in [4.69, 9.17) is 4.74 Å². The van der Waals surface area contributed by atoms with Gasteiger partial charge in [0.1, 0.15) is 0 Å². The van der Waals surface area contributed by atoms with Crippen LogP contribution in [0.1, 0.15) is 58.3 Å². The normalized spacial score (nSPS) is 31.1. The molecule has 0 aliphatic heterocycles. The Hall–Kier alpha value is 0.0500. The van der Waals surface area contributed by atoms with Crippen molar-refractivity contribution < 1.29 is 4.74 Å². The summed E-state index contributed by atoms with van der Waals surface area (Å²) in [6.45, 7) is 4.24. The first-order valence-corrected chi connectivity index (χ1v) is 8.73. The van der Waals surface area contributed by atoms with Gasteiger partial charge in [-0.3, -0.25) is 0 Å². The van der Waals surface area contributed by atoms with Gasteiger partial charge in [0.2, 0.25) is 0 Å². The van der Waals surface area contributed by atoms with Crippen LogP contribution in [0.5, 0.6) is 0 Å². The molecule has 2 aliphatic rings. The number of ether oxygens (including phenoxy) is 1. The minimum atomic E-state index is 0.368. The summed E-state index contributed by atoms with van der Waals surface area (Å²) in [4.78, 5) is 0. The lowest BCUT2D eigenvalue weighted by atomic mass is 9.82. The Morgan fingerprint density at radius 2 is 1.79 bits per heavy atom. The van der Waals surface area contributed by atoms with E-state index in [2.05, 4.69) is 31.7 Å². The molecular formula is C17H30OS. The molecular weight excluding hydrogens is 252 g/mol. The minimum Gasteiger partial charge on any atom is -0.381 e. The van der Waals surface area contributed by atoms with Crippen LogP contribution >= 0.6 is 12.6 Å². The van der Waals surface area contributed by atoms with Crippen LogP contribution in [-0.2, 0) is 4.74 Å². The van der Waals surface area contributed by atoms with Gasteiger partial charge >= 0.3 is 0 Å². The molecule has 2 rings (SSSR count). The molecule has 0 aromatic rings. The van der Waals surface area contributed by atoms with Gasteiger partial charge in [-0.05, 0) is 43.3 Å². The maximum atomic E-state index is 6.15. The first-order chi connectivity index (χ1) is 9.26. The molecule has 1 fully saturated rings. The lowest BCUT2D eigenvalue weighted by Gasteiger charge is -2.32. The molecule has 110 valence electrons. The van der Waals surface area contributed by atoms with Gasteiger partial charge in [-0.25, -0.2) is 0 Å². The van der Waals surface area contributed by atoms with E-state index in [0.29, 0.717) is 5.41 Å². The molecule has 0 aromatic heterocycles. The molecule has 0 aromatic carbocycles. The van der Waals surface area contributed by atoms with Crippen LogP contribution in [0.3, 0.4) is 0 Å². The Bertz CT molecular complexity index is 279. The van der Waals surface area contributed by atoms with Crippen LogP contribution in [0.25, 0.3) is 0 Å². The summed E-state index contributed by atoms with van der Waals surface area (Å²) in [6, 6.07) is 0. The van der Waals surface area contributed by atoms with Crippen molar-refractivity contribution in [3.05, 3.63) is 12.2 Å². The average Bonchev–Trinajstić information content (AvgIpc) is 2.67. The molecule has 2 aliphatic carbocycles. The molecule has 1 nitrogen and oxygen atoms in total. The highest BCUT2D eigenvalue weighted by Crippen LogP contribution is 2.37. The Balaban J connectivity index is 1.77. The summed E-state index contributed by atoms with van der Waals surface area (Å²) in [6.07, 6.45) is 15.3. The summed E-state index contributed by atoms with van der Waals surface area (Å²) in [5, 5.41) is 0. The van der Waals surface area contributed by atoms with Crippen molar-refractivity contribution in [3.63, 3.8) is 0 Å². The lowest BCUT2D eigenvalue weighted by molar-refractivity contribution is 0.0171. The fraction of sp³-hybridized carbons (Fsp3) is 0.882. The average molecular weight is 282 g/mol. The van der Waals surface area contributed by atoms with Crippen LogP contribution < -0.4 is 0 Å². The van der Waals surface area contributed by atoms with Crippen molar-refractivity contribution in [1.29, 1.82) is 0 Å². The van der Waals surface area contributed by atoms with Crippen molar-refractivity contribution in [2.45, 2.75) is 58.3 Å². The summed E-state index contributed by atoms with van der Waals surface area (Å²) < 4.78 is 6.15. The smallest absolute Gasteiger partial charge is 0.0530 e. The van der Waals surface area contributed by atoms with E-state index in [1.165, 1.54) is 51.4 Å². The van der Waals surface area contributed by atoms with Crippen molar-refractivity contribution in [2.75, 3.05) is 19.0 Å². The second-order valence-electron chi connectivity index (χ2n) is 6.77. The van der Waals surface area contributed by atoms with Gasteiger partial charge in [-0.1, -0.05) is 44.8 Å². The van der Waals surface area contributed by atoms with E-state index >= 15 is 0 Å². The minimum absolute atomic E-state index is 0.368. The molecule has 19 heavy (non-hydrogen) atoms. The highest BCUT2D eigenvalue weighted by Gasteiger charge is 2.30. The molecule has 0 radical (unpaired) electrons. The highest BCUT2D eigenvalue weighted by molar-refractivity contribution is 7.80. The summed E-state index contributed by atoms with van der Waals surface area (Å²) in [7, 11) is 0. The van der Waals surface area contributed by atoms with Crippen LogP contribution in [0.2, 0.25) is 0 Å². The molecule has 0 spiro atoms. The lowest BCUT2D eigenvalue weighted by Crippen LogP contribution is -2.30. The predicted molar refractivity (Wildman–Crippen MR) is 85.8 cm³/mol. The van der Waals surface area contributed by atoms with E-state index in [1.807, 2.05) is 0 Å². The van der Waals surface area contributed by atoms with E-state index in [1.54, 1.807) is 0 Å². The van der Waals surface area contributed by atoms with Gasteiger partial charge in [0.05, 0.1) is 6.61 Å². The summed E-state index contributed by atoms with van der Waals surface area (Å²) >= 11 is 4.62. The Morgan fingerprint density at radius 3 is 2.42 bits per heavy atom. The molecule has 2 atom stereocenters. The third kappa shape index (κ3) is 4.53. The number of hydrogen-bond donors (Lipinski definition) is 1. The molecule has 0 bridgehead atoms. The zero-order chi connectivity index (χ0) is 13.6. The molecule has 1 saturated carbocycles. The van der Waals surface area contributed by atoms with Gasteiger partial charge in [-0.2, -0.15) is 12.6 Å². The third-order valence-electron chi connectivity index (χ3n) is 5.16. The molecule has 2 unspecified atom stereocenters. The number of thiol groups is 1. The maximum Gasteiger partial charge on any atom is 0.0530 e. The van der Waals surface area contributed by atoms with Crippen molar-refractivity contribution in [2.24, 2.45) is 17.3 Å². The first kappa shape index (κ1) is 15.4. The number of allylic oxidation sites excluding steroid dienone is 2. The first-order valence-electron chi connectivity index (χ1n) is 8.09. The van der Waals surface area contributed by atoms with Gasteiger partial charge in [0.15, 0.2) is 0 Å². The Labute approximate surface area is 124 Å². The van der Waals surface area contributed by atoms with E-state index in [9.17, 15) is 0 Å². The van der Waals surface area contributed by atoms with Crippen LogP contribution in [0.15, 0.2) is 12.2 Å². The fourth-order valence-corrected chi connectivity index (χ4v) is 3.90. The van der Waals surface area contributed by atoms with Crippen molar-refractivity contribution in [3.8, 4) is 0 Å². The van der Waals surface area contributed by atoms with Crippen LogP contribution in [0.4, 0.5) is 0 Å². The molecule has 0 amide bonds. The topological polar surface area (TPSA) is 9.23 Å². The Kier molecular flexibility index (Phi) is 6.28. The van der Waals surface area contributed by atoms with Gasteiger partial charge < -0.3 is 4.74 Å². The third-order valence-corrected chi connectivity index (χ3v) is 5.83. The zero-order valence-electron chi connectivity index (χ0n) is 12.4. The van der Waals surface area contributed by atoms with Gasteiger partial charge in [0, 0.05) is 12.0 Å². The molecule has 0 saturated heterocycles. The fourth-order valence-electron chi connectivity index (χ4n) is 3.49. The molecule has 2 heteroatoms. The molecule has 0 N–H and O–H groups in total. The predicted octanol–water partition coefficient (Wildman–Crippen LogP) is 4.88. The van der Waals surface area contributed by atoms with E-state index in [0.717, 1.165) is 30.8 Å². The van der Waals surface area contributed by atoms with E-state index in [-0.39, 0.29) is 0 Å². The maximum absolute atomic E-state index is 6.15. The summed E-state index contributed by atoms with van der Waals surface area (Å²) in [5.41, 5.74) is 0.368. The van der Waals surface area contributed by atoms with Gasteiger partial charge in [0.25, 0.3) is 0 Å². The Morgan fingerprint density at radius 1 is 1.11 bits per heavy atom. The van der Waals surface area contributed by atoms with E-state index < -0.39 is 0 Å². The standard InChI is InChI=1S/C17H30OS/c1-15-8-4-5-9-16(15)12-18-13-17(14-19)10-6-2-3-7-11-17/h4-5,15-16,19H,2-3,6-14H2,1H3. The van der Waals surface area contributed by atoms with Crippen molar-refractivity contribution >= 4 is 12.6 Å². The second-order valence-corrected chi connectivity index (χ2v) is 7.08. The quantitative estimate of drug-likeness (QED) is 0.430. The van der Waals surface area contributed by atoms with Crippen LogP contribution in [-0.4, -0.2) is 19.0 Å². The SMILES string of the molecule is CC1CC=CCC1COCC1(CS)CCCCCC1. The molecule has 0 heterocycles. The largest absolute Gasteiger partial charge is 0.381 e. The monoisotopic (exact) mass is 282 g/mol. The second kappa shape index (κ2) is 7.73. The zero-order valence-corrected chi connectivity index (χ0v) is 13.3. The number of rotatable bonds is 5. The number of hydrogen-bond acceptors (Lipinski definition) is 2.